The molecule has 0 aliphatic heterocycles. The lowest BCUT2D eigenvalue weighted by Crippen LogP contribution is -2.13. The van der Waals surface area contributed by atoms with Crippen molar-refractivity contribution in [1.29, 1.82) is 0 Å². The smallest absolute Gasteiger partial charge is 0.131 e. The van der Waals surface area contributed by atoms with E-state index in [2.05, 4.69) is 22.2 Å². The van der Waals surface area contributed by atoms with Crippen LogP contribution in [0.1, 0.15) is 18.9 Å². The van der Waals surface area contributed by atoms with Gasteiger partial charge in [0.15, 0.2) is 0 Å². The summed E-state index contributed by atoms with van der Waals surface area (Å²) in [6, 6.07) is 6.05. The minimum Gasteiger partial charge on any atom is -0.395 e. The Morgan fingerprint density at radius 1 is 1.32 bits per heavy atom. The van der Waals surface area contributed by atoms with Crippen LogP contribution in [0.25, 0.3) is 11.0 Å². The number of aromatic nitrogens is 5. The minimum absolute atomic E-state index is 0.629. The Morgan fingerprint density at radius 3 is 3.05 bits per heavy atom. The quantitative estimate of drug-likeness (QED) is 0.695. The van der Waals surface area contributed by atoms with Crippen molar-refractivity contribution in [2.75, 3.05) is 6.61 Å². The first-order valence-electron chi connectivity index (χ1n) is 6.30. The van der Waals surface area contributed by atoms with E-state index in [9.17, 15) is 0 Å². The van der Waals surface area contributed by atoms with Crippen molar-refractivity contribution in [3.8, 4) is 0 Å². The van der Waals surface area contributed by atoms with Gasteiger partial charge in [-0.2, -0.15) is 0 Å². The number of hydrogen-bond acceptors (Lipinski definition) is 4. The van der Waals surface area contributed by atoms with E-state index < -0.39 is 0 Å². The van der Waals surface area contributed by atoms with E-state index in [1.54, 1.807) is 12.5 Å². The maximum atomic E-state index is 5.52. The van der Waals surface area contributed by atoms with Gasteiger partial charge in [0.25, 0.3) is 0 Å². The van der Waals surface area contributed by atoms with Gasteiger partial charge in [-0.15, -0.1) is 5.10 Å². The molecule has 0 bridgehead atoms. The lowest BCUT2D eigenvalue weighted by Gasteiger charge is -2.05. The van der Waals surface area contributed by atoms with Gasteiger partial charge in [-0.05, 0) is 29.3 Å². The molecular formula is C13H15N5O. The average molecular weight is 257 g/mol. The number of fused-ring (bicyclic) bond motifs is 1. The molecule has 0 spiro atoms. The SMILES string of the molecule is CCCOn1nnc2ccc(Cn3ccnc3)cc21. The molecule has 19 heavy (non-hydrogen) atoms. The average Bonchev–Trinajstić information content (AvgIpc) is 3.06. The summed E-state index contributed by atoms with van der Waals surface area (Å²) < 4.78 is 2.02. The van der Waals surface area contributed by atoms with Gasteiger partial charge in [-0.1, -0.05) is 17.8 Å². The topological polar surface area (TPSA) is 57.8 Å². The van der Waals surface area contributed by atoms with E-state index in [4.69, 9.17) is 4.84 Å². The molecule has 0 N–H and O–H groups in total. The highest BCUT2D eigenvalue weighted by molar-refractivity contribution is 5.74. The number of benzene rings is 1. The monoisotopic (exact) mass is 257 g/mol. The zero-order valence-electron chi connectivity index (χ0n) is 10.7. The van der Waals surface area contributed by atoms with Crippen molar-refractivity contribution < 1.29 is 4.84 Å². The van der Waals surface area contributed by atoms with Crippen LogP contribution in [0.2, 0.25) is 0 Å². The van der Waals surface area contributed by atoms with Crippen molar-refractivity contribution in [3.63, 3.8) is 0 Å². The highest BCUT2D eigenvalue weighted by atomic mass is 16.7. The predicted molar refractivity (Wildman–Crippen MR) is 70.6 cm³/mol. The zero-order chi connectivity index (χ0) is 13.1. The van der Waals surface area contributed by atoms with Gasteiger partial charge >= 0.3 is 0 Å². The molecule has 2 heterocycles. The molecule has 0 amide bonds. The van der Waals surface area contributed by atoms with E-state index in [0.717, 1.165) is 29.6 Å². The van der Waals surface area contributed by atoms with Crippen LogP contribution in [0.4, 0.5) is 0 Å². The zero-order valence-corrected chi connectivity index (χ0v) is 10.7. The van der Waals surface area contributed by atoms with E-state index in [1.807, 2.05) is 29.0 Å². The van der Waals surface area contributed by atoms with Gasteiger partial charge in [-0.3, -0.25) is 0 Å². The summed E-state index contributed by atoms with van der Waals surface area (Å²) in [5.74, 6) is 0. The Morgan fingerprint density at radius 2 is 2.26 bits per heavy atom. The predicted octanol–water partition coefficient (Wildman–Crippen LogP) is 1.51. The van der Waals surface area contributed by atoms with Crippen molar-refractivity contribution in [2.24, 2.45) is 0 Å². The van der Waals surface area contributed by atoms with Crippen LogP contribution in [0.3, 0.4) is 0 Å². The molecule has 0 aliphatic carbocycles. The molecule has 0 atom stereocenters. The van der Waals surface area contributed by atoms with Gasteiger partial charge in [0.05, 0.1) is 6.33 Å². The Labute approximate surface area is 110 Å². The Kier molecular flexibility index (Phi) is 3.14. The fraction of sp³-hybridized carbons (Fsp3) is 0.308. The third-order valence-electron chi connectivity index (χ3n) is 2.82. The lowest BCUT2D eigenvalue weighted by atomic mass is 10.2. The third-order valence-corrected chi connectivity index (χ3v) is 2.82. The number of nitrogens with zero attached hydrogens (tertiary/aromatic N) is 5. The van der Waals surface area contributed by atoms with Gasteiger partial charge in [0, 0.05) is 18.9 Å². The maximum Gasteiger partial charge on any atom is 0.131 e. The normalized spacial score (nSPS) is 11.0. The molecule has 3 aromatic rings. The maximum absolute atomic E-state index is 5.52. The fourth-order valence-electron chi connectivity index (χ4n) is 1.91. The number of imidazole rings is 1. The first kappa shape index (κ1) is 11.7. The Bertz CT molecular complexity index is 659. The van der Waals surface area contributed by atoms with Crippen molar-refractivity contribution in [2.45, 2.75) is 19.9 Å². The van der Waals surface area contributed by atoms with Gasteiger partial charge in [0.2, 0.25) is 0 Å². The molecule has 0 saturated carbocycles. The molecule has 0 fully saturated rings. The summed E-state index contributed by atoms with van der Waals surface area (Å²) in [5, 5.41) is 8.07. The second-order valence-electron chi connectivity index (χ2n) is 4.35. The highest BCUT2D eigenvalue weighted by Crippen LogP contribution is 2.13. The van der Waals surface area contributed by atoms with Crippen molar-refractivity contribution in [1.82, 2.24) is 24.7 Å². The molecule has 98 valence electrons. The highest BCUT2D eigenvalue weighted by Gasteiger charge is 2.06. The lowest BCUT2D eigenvalue weighted by molar-refractivity contribution is 0.0879. The van der Waals surface area contributed by atoms with Crippen LogP contribution in [0.5, 0.6) is 0 Å². The standard InChI is InChI=1S/C13H15N5O/c1-2-7-19-18-13-8-11(3-4-12(13)15-16-18)9-17-6-5-14-10-17/h3-6,8,10H,2,7,9H2,1H3. The molecule has 6 heteroatoms. The molecule has 0 saturated heterocycles. The van der Waals surface area contributed by atoms with Gasteiger partial charge in [-0.25, -0.2) is 4.98 Å². The Hall–Kier alpha value is -2.37. The summed E-state index contributed by atoms with van der Waals surface area (Å²) in [6.07, 6.45) is 6.45. The van der Waals surface area contributed by atoms with Gasteiger partial charge < -0.3 is 9.40 Å². The van der Waals surface area contributed by atoms with Crippen molar-refractivity contribution >= 4 is 11.0 Å². The van der Waals surface area contributed by atoms with E-state index in [1.165, 1.54) is 4.85 Å². The minimum atomic E-state index is 0.629. The van der Waals surface area contributed by atoms with E-state index in [-0.39, 0.29) is 0 Å². The van der Waals surface area contributed by atoms with Crippen LogP contribution >= 0.6 is 0 Å². The summed E-state index contributed by atoms with van der Waals surface area (Å²) >= 11 is 0. The second kappa shape index (κ2) is 5.09. The summed E-state index contributed by atoms with van der Waals surface area (Å²) in [7, 11) is 0. The van der Waals surface area contributed by atoms with Crippen molar-refractivity contribution in [3.05, 3.63) is 42.5 Å². The van der Waals surface area contributed by atoms with Gasteiger partial charge in [0.1, 0.15) is 17.6 Å². The third kappa shape index (κ3) is 2.42. The molecule has 1 aromatic carbocycles. The molecule has 0 radical (unpaired) electrons. The van der Waals surface area contributed by atoms with E-state index in [0.29, 0.717) is 6.61 Å². The first-order chi connectivity index (χ1) is 9.36. The molecule has 3 rings (SSSR count). The van der Waals surface area contributed by atoms with E-state index >= 15 is 0 Å². The Balaban J connectivity index is 1.90. The van der Waals surface area contributed by atoms with Crippen LogP contribution in [-0.4, -0.2) is 31.3 Å². The molecular weight excluding hydrogens is 242 g/mol. The van der Waals surface area contributed by atoms with Crippen LogP contribution in [0, 0.1) is 0 Å². The van der Waals surface area contributed by atoms with Crippen LogP contribution < -0.4 is 4.84 Å². The number of hydrogen-bond donors (Lipinski definition) is 0. The summed E-state index contributed by atoms with van der Waals surface area (Å²) in [4.78, 5) is 11.1. The number of rotatable bonds is 5. The fourth-order valence-corrected chi connectivity index (χ4v) is 1.91. The molecule has 2 aromatic heterocycles. The summed E-state index contributed by atoms with van der Waals surface area (Å²) in [6.45, 7) is 3.46. The van der Waals surface area contributed by atoms with Crippen LogP contribution in [0.15, 0.2) is 36.9 Å². The largest absolute Gasteiger partial charge is 0.395 e. The van der Waals surface area contributed by atoms with Crippen LogP contribution in [-0.2, 0) is 6.54 Å². The molecule has 0 aliphatic rings. The first-order valence-corrected chi connectivity index (χ1v) is 6.30. The summed E-state index contributed by atoms with van der Waals surface area (Å²) in [5.41, 5.74) is 2.89. The molecule has 6 nitrogen and oxygen atoms in total. The molecule has 0 unspecified atom stereocenters. The second-order valence-corrected chi connectivity index (χ2v) is 4.35.